The molecule has 1 aromatic rings. The predicted octanol–water partition coefficient (Wildman–Crippen LogP) is 1.48. The summed E-state index contributed by atoms with van der Waals surface area (Å²) in [6.45, 7) is 2.22. The van der Waals surface area contributed by atoms with Crippen LogP contribution in [0.4, 0.5) is 0 Å². The first-order valence-corrected chi connectivity index (χ1v) is 5.89. The molecule has 2 nitrogen and oxygen atoms in total. The van der Waals surface area contributed by atoms with E-state index in [0.29, 0.717) is 6.04 Å². The number of nitrogens with one attached hydrogen (secondary N) is 1. The summed E-state index contributed by atoms with van der Waals surface area (Å²) in [7, 11) is 0. The van der Waals surface area contributed by atoms with E-state index in [0.717, 1.165) is 25.9 Å². The van der Waals surface area contributed by atoms with Gasteiger partial charge in [-0.2, -0.15) is 0 Å². The number of fused-ring (bicyclic) bond motifs is 2. The Balaban J connectivity index is 0.000000115. The van der Waals surface area contributed by atoms with Crippen molar-refractivity contribution in [1.29, 1.82) is 0 Å². The topological polar surface area (TPSA) is 38.0 Å². The normalized spacial score (nSPS) is 19.5. The van der Waals surface area contributed by atoms with Gasteiger partial charge in [-0.1, -0.05) is 24.3 Å². The van der Waals surface area contributed by atoms with Crippen molar-refractivity contribution in [3.05, 3.63) is 35.4 Å². The average Bonchev–Trinajstić information content (AvgIpc) is 2.60. The fourth-order valence-corrected chi connectivity index (χ4v) is 2.07. The molecule has 1 heterocycles. The maximum Gasteiger partial charge on any atom is 0.00629 e. The molecule has 15 heavy (non-hydrogen) atoms. The van der Waals surface area contributed by atoms with E-state index >= 15 is 0 Å². The van der Waals surface area contributed by atoms with E-state index in [2.05, 4.69) is 29.6 Å². The largest absolute Gasteiger partial charge is 0.328 e. The second-order valence-electron chi connectivity index (χ2n) is 4.41. The van der Waals surface area contributed by atoms with Crippen LogP contribution in [-0.2, 0) is 12.8 Å². The summed E-state index contributed by atoms with van der Waals surface area (Å²) in [6, 6.07) is 9.27. The summed E-state index contributed by atoms with van der Waals surface area (Å²) in [4.78, 5) is 0. The second-order valence-corrected chi connectivity index (χ2v) is 4.41. The third kappa shape index (κ3) is 3.33. The Morgan fingerprint density at radius 2 is 1.67 bits per heavy atom. The summed E-state index contributed by atoms with van der Waals surface area (Å²) in [5.74, 6) is 0. The van der Waals surface area contributed by atoms with Crippen molar-refractivity contribution in [1.82, 2.24) is 5.32 Å². The fourth-order valence-electron chi connectivity index (χ4n) is 2.07. The van der Waals surface area contributed by atoms with E-state index < -0.39 is 0 Å². The molecular weight excluding hydrogens is 184 g/mol. The van der Waals surface area contributed by atoms with Gasteiger partial charge in [0.25, 0.3) is 0 Å². The maximum absolute atomic E-state index is 5.59. The van der Waals surface area contributed by atoms with E-state index in [4.69, 9.17) is 5.73 Å². The third-order valence-corrected chi connectivity index (χ3v) is 3.08. The average molecular weight is 204 g/mol. The van der Waals surface area contributed by atoms with Crippen LogP contribution in [0.25, 0.3) is 0 Å². The summed E-state index contributed by atoms with van der Waals surface area (Å²) in [5, 5.41) is 3.24. The lowest BCUT2D eigenvalue weighted by atomic mass is 10.1. The monoisotopic (exact) mass is 204 g/mol. The van der Waals surface area contributed by atoms with Crippen LogP contribution >= 0.6 is 0 Å². The van der Waals surface area contributed by atoms with Crippen LogP contribution in [0.1, 0.15) is 24.0 Å². The Bertz CT molecular complexity index is 284. The van der Waals surface area contributed by atoms with Crippen molar-refractivity contribution in [3.63, 3.8) is 0 Å². The van der Waals surface area contributed by atoms with Crippen molar-refractivity contribution in [3.8, 4) is 0 Å². The summed E-state index contributed by atoms with van der Waals surface area (Å²) >= 11 is 0. The van der Waals surface area contributed by atoms with Crippen LogP contribution in [0.5, 0.6) is 0 Å². The zero-order valence-corrected chi connectivity index (χ0v) is 9.21. The van der Waals surface area contributed by atoms with Crippen molar-refractivity contribution >= 4 is 0 Å². The van der Waals surface area contributed by atoms with Crippen LogP contribution in [0.3, 0.4) is 0 Å². The minimum absolute atomic E-state index is 0.473. The first kappa shape index (κ1) is 10.7. The maximum atomic E-state index is 5.59. The van der Waals surface area contributed by atoms with Crippen molar-refractivity contribution < 1.29 is 0 Å². The highest BCUT2D eigenvalue weighted by Gasteiger charge is 2.05. The molecule has 2 bridgehead atoms. The van der Waals surface area contributed by atoms with Crippen LogP contribution in [-0.4, -0.2) is 19.1 Å². The van der Waals surface area contributed by atoms with Gasteiger partial charge in [-0.25, -0.2) is 0 Å². The van der Waals surface area contributed by atoms with Gasteiger partial charge in [-0.3, -0.25) is 0 Å². The molecular formula is C13H20N2. The minimum Gasteiger partial charge on any atom is -0.328 e. The molecule has 3 rings (SSSR count). The van der Waals surface area contributed by atoms with Gasteiger partial charge in [0.2, 0.25) is 0 Å². The molecule has 0 aromatic heterocycles. The number of piperidine rings is 1. The molecule has 0 saturated carbocycles. The van der Waals surface area contributed by atoms with Gasteiger partial charge in [-0.05, 0) is 49.9 Å². The number of rotatable bonds is 0. The molecule has 0 atom stereocenters. The van der Waals surface area contributed by atoms with E-state index in [-0.39, 0.29) is 0 Å². The molecule has 0 radical (unpaired) electrons. The van der Waals surface area contributed by atoms with Gasteiger partial charge in [0.1, 0.15) is 0 Å². The molecule has 1 aliphatic carbocycles. The van der Waals surface area contributed by atoms with Crippen LogP contribution in [0, 0.1) is 0 Å². The van der Waals surface area contributed by atoms with Crippen molar-refractivity contribution in [2.24, 2.45) is 5.73 Å². The van der Waals surface area contributed by atoms with E-state index in [1.54, 1.807) is 0 Å². The highest BCUT2D eigenvalue weighted by atomic mass is 14.9. The Morgan fingerprint density at radius 3 is 2.07 bits per heavy atom. The molecule has 2 aliphatic rings. The van der Waals surface area contributed by atoms with Crippen LogP contribution in [0.2, 0.25) is 0 Å². The molecule has 1 aliphatic heterocycles. The molecule has 3 N–H and O–H groups in total. The molecule has 1 fully saturated rings. The second kappa shape index (κ2) is 5.29. The Hall–Kier alpha value is -0.860. The van der Waals surface area contributed by atoms with Gasteiger partial charge in [0, 0.05) is 6.04 Å². The summed E-state index contributed by atoms with van der Waals surface area (Å²) < 4.78 is 0. The van der Waals surface area contributed by atoms with Crippen molar-refractivity contribution in [2.75, 3.05) is 13.1 Å². The quantitative estimate of drug-likeness (QED) is 0.672. The SMILES string of the molecule is NC1CCNCC1.c1cc2cc(c1)CC2. The molecule has 82 valence electrons. The highest BCUT2D eigenvalue weighted by molar-refractivity contribution is 5.29. The van der Waals surface area contributed by atoms with Gasteiger partial charge < -0.3 is 11.1 Å². The highest BCUT2D eigenvalue weighted by Crippen LogP contribution is 2.15. The molecule has 0 unspecified atom stereocenters. The predicted molar refractivity (Wildman–Crippen MR) is 63.9 cm³/mol. The molecule has 0 amide bonds. The number of benzene rings is 1. The van der Waals surface area contributed by atoms with Crippen LogP contribution < -0.4 is 11.1 Å². The lowest BCUT2D eigenvalue weighted by molar-refractivity contribution is 0.458. The minimum atomic E-state index is 0.473. The van der Waals surface area contributed by atoms with Crippen molar-refractivity contribution in [2.45, 2.75) is 31.7 Å². The van der Waals surface area contributed by atoms with Gasteiger partial charge in [-0.15, -0.1) is 0 Å². The lowest BCUT2D eigenvalue weighted by Crippen LogP contribution is -2.35. The molecule has 1 saturated heterocycles. The van der Waals surface area contributed by atoms with Gasteiger partial charge in [0.05, 0.1) is 0 Å². The Labute approximate surface area is 91.9 Å². The molecule has 1 aromatic carbocycles. The summed E-state index contributed by atoms with van der Waals surface area (Å²) in [6.07, 6.45) is 4.84. The lowest BCUT2D eigenvalue weighted by Gasteiger charge is -2.17. The number of nitrogens with two attached hydrogens (primary N) is 1. The number of hydrogen-bond donors (Lipinski definition) is 2. The number of aryl methyl sites for hydroxylation is 2. The standard InChI is InChI=1S/C8H8.C5H12N2/c1-2-7-4-5-8(3-1)6-7;6-5-1-3-7-4-2-5/h1-3,6H,4-5H2;5,7H,1-4,6H2. The molecule has 2 heteroatoms. The number of hydrogen-bond acceptors (Lipinski definition) is 2. The zero-order chi connectivity index (χ0) is 10.5. The van der Waals surface area contributed by atoms with E-state index in [1.807, 2.05) is 0 Å². The van der Waals surface area contributed by atoms with Gasteiger partial charge in [0.15, 0.2) is 0 Å². The first-order chi connectivity index (χ1) is 7.34. The smallest absolute Gasteiger partial charge is 0.00629 e. The zero-order valence-electron chi connectivity index (χ0n) is 9.21. The Kier molecular flexibility index (Phi) is 3.75. The van der Waals surface area contributed by atoms with E-state index in [9.17, 15) is 0 Å². The third-order valence-electron chi connectivity index (χ3n) is 3.08. The van der Waals surface area contributed by atoms with Crippen LogP contribution in [0.15, 0.2) is 24.3 Å². The Morgan fingerprint density at radius 1 is 1.07 bits per heavy atom. The summed E-state index contributed by atoms with van der Waals surface area (Å²) in [5.41, 5.74) is 8.60. The van der Waals surface area contributed by atoms with E-state index in [1.165, 1.54) is 24.0 Å². The molecule has 0 spiro atoms. The van der Waals surface area contributed by atoms with Gasteiger partial charge >= 0.3 is 0 Å². The fraction of sp³-hybridized carbons (Fsp3) is 0.538. The first-order valence-electron chi connectivity index (χ1n) is 5.89.